The largest absolute Gasteiger partial charge is 0.496 e. The molecule has 5 nitrogen and oxygen atoms in total. The molecule has 1 fully saturated rings. The third kappa shape index (κ3) is 3.11. The number of hydrogen-bond acceptors (Lipinski definition) is 4. The van der Waals surface area contributed by atoms with Crippen molar-refractivity contribution in [2.45, 2.75) is 18.9 Å². The SMILES string of the molecule is COc1ccc(C)cc1C(=O)N(C)CC1(O)CCNC1. The predicted octanol–water partition coefficient (Wildman–Crippen LogP) is 0.800. The van der Waals surface area contributed by atoms with Gasteiger partial charge in [-0.15, -0.1) is 0 Å². The van der Waals surface area contributed by atoms with E-state index in [0.717, 1.165) is 12.1 Å². The predicted molar refractivity (Wildman–Crippen MR) is 77.1 cm³/mol. The number of likely N-dealkylation sites (N-methyl/N-ethyl adjacent to an activating group) is 1. The number of amides is 1. The molecule has 0 aliphatic carbocycles. The fourth-order valence-corrected chi connectivity index (χ4v) is 2.57. The number of methoxy groups -OCH3 is 1. The van der Waals surface area contributed by atoms with Crippen molar-refractivity contribution in [2.75, 3.05) is 33.8 Å². The average Bonchev–Trinajstić information content (AvgIpc) is 2.84. The topological polar surface area (TPSA) is 61.8 Å². The van der Waals surface area contributed by atoms with E-state index < -0.39 is 5.60 Å². The van der Waals surface area contributed by atoms with Crippen LogP contribution in [-0.2, 0) is 0 Å². The second kappa shape index (κ2) is 5.81. The van der Waals surface area contributed by atoms with Crippen molar-refractivity contribution < 1.29 is 14.6 Å². The quantitative estimate of drug-likeness (QED) is 0.855. The van der Waals surface area contributed by atoms with Crippen molar-refractivity contribution in [2.24, 2.45) is 0 Å². The number of nitrogens with zero attached hydrogens (tertiary/aromatic N) is 1. The van der Waals surface area contributed by atoms with Crippen LogP contribution in [0.15, 0.2) is 18.2 Å². The monoisotopic (exact) mass is 278 g/mol. The lowest BCUT2D eigenvalue weighted by Crippen LogP contribution is -2.45. The molecule has 2 N–H and O–H groups in total. The lowest BCUT2D eigenvalue weighted by molar-refractivity contribution is 0.0251. The Morgan fingerprint density at radius 1 is 1.55 bits per heavy atom. The van der Waals surface area contributed by atoms with Gasteiger partial charge in [-0.25, -0.2) is 0 Å². The minimum Gasteiger partial charge on any atom is -0.496 e. The zero-order valence-electron chi connectivity index (χ0n) is 12.3. The summed E-state index contributed by atoms with van der Waals surface area (Å²) < 4.78 is 5.24. The maximum atomic E-state index is 12.5. The van der Waals surface area contributed by atoms with E-state index in [4.69, 9.17) is 4.74 Å². The van der Waals surface area contributed by atoms with E-state index in [2.05, 4.69) is 5.32 Å². The summed E-state index contributed by atoms with van der Waals surface area (Å²) in [5, 5.41) is 13.5. The van der Waals surface area contributed by atoms with Crippen LogP contribution in [0, 0.1) is 6.92 Å². The zero-order valence-corrected chi connectivity index (χ0v) is 12.3. The molecule has 2 rings (SSSR count). The number of benzene rings is 1. The molecule has 1 aliphatic rings. The van der Waals surface area contributed by atoms with Gasteiger partial charge in [0.25, 0.3) is 5.91 Å². The molecular weight excluding hydrogens is 256 g/mol. The van der Waals surface area contributed by atoms with Crippen LogP contribution in [0.25, 0.3) is 0 Å². The lowest BCUT2D eigenvalue weighted by atomic mass is 10.0. The standard InChI is InChI=1S/C15H22N2O3/c1-11-4-5-13(20-3)12(8-11)14(18)17(2)10-15(19)6-7-16-9-15/h4-5,8,16,19H,6-7,9-10H2,1-3H3. The maximum Gasteiger partial charge on any atom is 0.257 e. The Morgan fingerprint density at radius 2 is 2.30 bits per heavy atom. The van der Waals surface area contributed by atoms with Crippen LogP contribution < -0.4 is 10.1 Å². The van der Waals surface area contributed by atoms with E-state index in [0.29, 0.717) is 30.8 Å². The minimum atomic E-state index is -0.832. The molecule has 110 valence electrons. The molecule has 1 atom stereocenters. The number of rotatable bonds is 4. The van der Waals surface area contributed by atoms with Crippen LogP contribution in [0.2, 0.25) is 0 Å². The van der Waals surface area contributed by atoms with Crippen LogP contribution >= 0.6 is 0 Å². The summed E-state index contributed by atoms with van der Waals surface area (Å²) in [5.74, 6) is 0.426. The number of aryl methyl sites for hydroxylation is 1. The Morgan fingerprint density at radius 3 is 2.90 bits per heavy atom. The first-order chi connectivity index (χ1) is 9.45. The minimum absolute atomic E-state index is 0.133. The number of carbonyl (C=O) groups is 1. The summed E-state index contributed by atoms with van der Waals surface area (Å²) in [6.07, 6.45) is 0.662. The van der Waals surface area contributed by atoms with E-state index in [9.17, 15) is 9.90 Å². The van der Waals surface area contributed by atoms with Crippen LogP contribution in [0.1, 0.15) is 22.3 Å². The molecule has 1 unspecified atom stereocenters. The highest BCUT2D eigenvalue weighted by Gasteiger charge is 2.34. The van der Waals surface area contributed by atoms with E-state index in [1.807, 2.05) is 19.1 Å². The van der Waals surface area contributed by atoms with Gasteiger partial charge in [-0.1, -0.05) is 11.6 Å². The molecule has 20 heavy (non-hydrogen) atoms. The number of ether oxygens (including phenoxy) is 1. The third-order valence-corrected chi connectivity index (χ3v) is 3.68. The highest BCUT2D eigenvalue weighted by atomic mass is 16.5. The van der Waals surface area contributed by atoms with E-state index >= 15 is 0 Å². The van der Waals surface area contributed by atoms with E-state index in [-0.39, 0.29) is 5.91 Å². The Balaban J connectivity index is 2.16. The molecule has 1 aromatic rings. The second-order valence-electron chi connectivity index (χ2n) is 5.52. The molecule has 1 saturated heterocycles. The van der Waals surface area contributed by atoms with Crippen LogP contribution in [-0.4, -0.2) is 55.3 Å². The van der Waals surface area contributed by atoms with Gasteiger partial charge in [-0.05, 0) is 32.0 Å². The van der Waals surface area contributed by atoms with Crippen molar-refractivity contribution in [3.8, 4) is 5.75 Å². The Hall–Kier alpha value is -1.59. The highest BCUT2D eigenvalue weighted by molar-refractivity contribution is 5.97. The number of nitrogens with one attached hydrogen (secondary N) is 1. The van der Waals surface area contributed by atoms with Crippen molar-refractivity contribution in [3.05, 3.63) is 29.3 Å². The van der Waals surface area contributed by atoms with Crippen LogP contribution in [0.5, 0.6) is 5.75 Å². The summed E-state index contributed by atoms with van der Waals surface area (Å²) in [7, 11) is 3.26. The molecule has 5 heteroatoms. The molecular formula is C15H22N2O3. The van der Waals surface area contributed by atoms with Gasteiger partial charge in [0.05, 0.1) is 24.8 Å². The average molecular weight is 278 g/mol. The number of β-amino-alcohol motifs (C(OH)–C–C–N with tert-alkyl or cyclic N) is 1. The summed E-state index contributed by atoms with van der Waals surface area (Å²) >= 11 is 0. The summed E-state index contributed by atoms with van der Waals surface area (Å²) in [4.78, 5) is 14.1. The van der Waals surface area contributed by atoms with E-state index in [1.165, 1.54) is 0 Å². The Labute approximate surface area is 119 Å². The highest BCUT2D eigenvalue weighted by Crippen LogP contribution is 2.23. The molecule has 1 aromatic carbocycles. The van der Waals surface area contributed by atoms with Gasteiger partial charge >= 0.3 is 0 Å². The summed E-state index contributed by atoms with van der Waals surface area (Å²) in [6, 6.07) is 5.51. The first kappa shape index (κ1) is 14.8. The van der Waals surface area contributed by atoms with Crippen molar-refractivity contribution in [1.29, 1.82) is 0 Å². The first-order valence-electron chi connectivity index (χ1n) is 6.78. The van der Waals surface area contributed by atoms with Gasteiger partial charge in [0, 0.05) is 13.6 Å². The third-order valence-electron chi connectivity index (χ3n) is 3.68. The summed E-state index contributed by atoms with van der Waals surface area (Å²) in [5.41, 5.74) is 0.704. The van der Waals surface area contributed by atoms with Crippen molar-refractivity contribution >= 4 is 5.91 Å². The van der Waals surface area contributed by atoms with Gasteiger partial charge in [0.15, 0.2) is 0 Å². The Bertz CT molecular complexity index is 496. The van der Waals surface area contributed by atoms with Crippen LogP contribution in [0.4, 0.5) is 0 Å². The second-order valence-corrected chi connectivity index (χ2v) is 5.52. The molecule has 0 bridgehead atoms. The van der Waals surface area contributed by atoms with E-state index in [1.54, 1.807) is 25.1 Å². The van der Waals surface area contributed by atoms with Crippen molar-refractivity contribution in [3.63, 3.8) is 0 Å². The normalized spacial score (nSPS) is 21.8. The Kier molecular flexibility index (Phi) is 4.30. The fourth-order valence-electron chi connectivity index (χ4n) is 2.57. The van der Waals surface area contributed by atoms with Gasteiger partial charge in [0.1, 0.15) is 5.75 Å². The number of aliphatic hydroxyl groups is 1. The van der Waals surface area contributed by atoms with Gasteiger partial charge in [0.2, 0.25) is 0 Å². The van der Waals surface area contributed by atoms with Gasteiger partial charge < -0.3 is 20.1 Å². The molecule has 0 spiro atoms. The van der Waals surface area contributed by atoms with Gasteiger partial charge in [-0.2, -0.15) is 0 Å². The molecule has 1 heterocycles. The lowest BCUT2D eigenvalue weighted by Gasteiger charge is -2.28. The number of hydrogen-bond donors (Lipinski definition) is 2. The zero-order chi connectivity index (χ0) is 14.8. The molecule has 0 aromatic heterocycles. The fraction of sp³-hybridized carbons (Fsp3) is 0.533. The molecule has 1 aliphatic heterocycles. The van der Waals surface area contributed by atoms with Crippen LogP contribution in [0.3, 0.4) is 0 Å². The summed E-state index contributed by atoms with van der Waals surface area (Å²) in [6.45, 7) is 3.56. The number of carbonyl (C=O) groups excluding carboxylic acids is 1. The van der Waals surface area contributed by atoms with Gasteiger partial charge in [-0.3, -0.25) is 4.79 Å². The van der Waals surface area contributed by atoms with Crippen molar-refractivity contribution in [1.82, 2.24) is 10.2 Å². The molecule has 0 radical (unpaired) electrons. The smallest absolute Gasteiger partial charge is 0.257 e. The first-order valence-corrected chi connectivity index (χ1v) is 6.78. The maximum absolute atomic E-state index is 12.5. The molecule has 0 saturated carbocycles. The molecule has 1 amide bonds.